The number of nitrogens with zero attached hydrogens (tertiary/aromatic N) is 1. The average molecular weight is 336 g/mol. The summed E-state index contributed by atoms with van der Waals surface area (Å²) in [5.74, 6) is 0.766. The number of rotatable bonds is 5. The Morgan fingerprint density at radius 2 is 1.52 bits per heavy atom. The molecule has 2 aromatic carbocycles. The van der Waals surface area contributed by atoms with Crippen molar-refractivity contribution in [2.24, 2.45) is 0 Å². The summed E-state index contributed by atoms with van der Waals surface area (Å²) in [4.78, 5) is 2.66. The molecule has 0 atom stereocenters. The monoisotopic (exact) mass is 335 g/mol. The fourth-order valence-electron chi connectivity index (χ4n) is 3.89. The van der Waals surface area contributed by atoms with Gasteiger partial charge in [-0.05, 0) is 73.3 Å². The van der Waals surface area contributed by atoms with E-state index in [1.807, 2.05) is 0 Å². The van der Waals surface area contributed by atoms with Gasteiger partial charge >= 0.3 is 0 Å². The van der Waals surface area contributed by atoms with Crippen LogP contribution in [0.25, 0.3) is 0 Å². The summed E-state index contributed by atoms with van der Waals surface area (Å²) >= 11 is 0. The molecule has 1 heteroatoms. The summed E-state index contributed by atoms with van der Waals surface area (Å²) in [6.07, 6.45) is 5.09. The predicted molar refractivity (Wildman–Crippen MR) is 108 cm³/mol. The van der Waals surface area contributed by atoms with Crippen molar-refractivity contribution in [3.63, 3.8) is 0 Å². The summed E-state index contributed by atoms with van der Waals surface area (Å²) in [7, 11) is 0. The molecule has 1 aliphatic heterocycles. The van der Waals surface area contributed by atoms with Gasteiger partial charge in [0.25, 0.3) is 0 Å². The van der Waals surface area contributed by atoms with Crippen molar-refractivity contribution >= 4 is 0 Å². The number of piperidine rings is 1. The summed E-state index contributed by atoms with van der Waals surface area (Å²) in [6, 6.07) is 20.3. The summed E-state index contributed by atoms with van der Waals surface area (Å²) in [5.41, 5.74) is 4.69. The topological polar surface area (TPSA) is 3.24 Å². The second-order valence-electron chi connectivity index (χ2n) is 8.58. The van der Waals surface area contributed by atoms with Crippen molar-refractivity contribution in [3.8, 4) is 0 Å². The number of hydrogen-bond donors (Lipinski definition) is 0. The molecule has 1 fully saturated rings. The minimum Gasteiger partial charge on any atom is -0.303 e. The lowest BCUT2D eigenvalue weighted by Gasteiger charge is -2.32. The molecule has 0 unspecified atom stereocenters. The number of aryl methyl sites for hydroxylation is 1. The average Bonchev–Trinajstić information content (AvgIpc) is 2.63. The molecule has 1 nitrogen and oxygen atoms in total. The number of hydrogen-bond acceptors (Lipinski definition) is 1. The van der Waals surface area contributed by atoms with Crippen LogP contribution < -0.4 is 0 Å². The molecule has 0 saturated carbocycles. The molecule has 0 bridgehead atoms. The van der Waals surface area contributed by atoms with Crippen molar-refractivity contribution in [2.45, 2.75) is 57.8 Å². The first-order valence-electron chi connectivity index (χ1n) is 9.89. The molecule has 0 amide bonds. The van der Waals surface area contributed by atoms with Crippen molar-refractivity contribution in [3.05, 3.63) is 71.3 Å². The Morgan fingerprint density at radius 3 is 2.12 bits per heavy atom. The maximum absolute atomic E-state index is 2.66. The van der Waals surface area contributed by atoms with E-state index in [1.165, 1.54) is 62.0 Å². The Morgan fingerprint density at radius 1 is 0.880 bits per heavy atom. The van der Waals surface area contributed by atoms with Gasteiger partial charge in [-0.2, -0.15) is 0 Å². The Bertz CT molecular complexity index is 628. The quantitative estimate of drug-likeness (QED) is 0.668. The fraction of sp³-hybridized carbons (Fsp3) is 0.500. The van der Waals surface area contributed by atoms with Crippen molar-refractivity contribution in [2.75, 3.05) is 19.6 Å². The van der Waals surface area contributed by atoms with Gasteiger partial charge in [0.2, 0.25) is 0 Å². The first kappa shape index (κ1) is 18.2. The molecule has 0 spiro atoms. The van der Waals surface area contributed by atoms with E-state index in [0.29, 0.717) is 0 Å². The van der Waals surface area contributed by atoms with Crippen LogP contribution >= 0.6 is 0 Å². The van der Waals surface area contributed by atoms with Crippen molar-refractivity contribution in [1.82, 2.24) is 4.90 Å². The lowest BCUT2D eigenvalue weighted by molar-refractivity contribution is 0.210. The van der Waals surface area contributed by atoms with Crippen molar-refractivity contribution < 1.29 is 0 Å². The molecule has 1 saturated heterocycles. The molecular formula is C24H33N. The van der Waals surface area contributed by atoms with Crippen LogP contribution in [0.3, 0.4) is 0 Å². The van der Waals surface area contributed by atoms with E-state index in [0.717, 1.165) is 5.92 Å². The molecule has 1 heterocycles. The SMILES string of the molecule is CC(C)(C)c1ccc(CCCN2CCC(c3ccccc3)CC2)cc1. The fourth-order valence-corrected chi connectivity index (χ4v) is 3.89. The highest BCUT2D eigenvalue weighted by Gasteiger charge is 2.20. The van der Waals surface area contributed by atoms with E-state index in [9.17, 15) is 0 Å². The minimum absolute atomic E-state index is 0.252. The lowest BCUT2D eigenvalue weighted by Crippen LogP contribution is -2.33. The van der Waals surface area contributed by atoms with Gasteiger partial charge in [0.05, 0.1) is 0 Å². The Labute approximate surface area is 154 Å². The zero-order chi connectivity index (χ0) is 17.7. The van der Waals surface area contributed by atoms with Crippen LogP contribution in [-0.2, 0) is 11.8 Å². The smallest absolute Gasteiger partial charge is 0.00129 e. The van der Waals surface area contributed by atoms with Crippen LogP contribution in [-0.4, -0.2) is 24.5 Å². The molecule has 0 N–H and O–H groups in total. The van der Waals surface area contributed by atoms with Gasteiger partial charge in [0, 0.05) is 0 Å². The zero-order valence-electron chi connectivity index (χ0n) is 16.2. The van der Waals surface area contributed by atoms with Crippen LogP contribution in [0.2, 0.25) is 0 Å². The van der Waals surface area contributed by atoms with Crippen LogP contribution in [0.4, 0.5) is 0 Å². The van der Waals surface area contributed by atoms with Gasteiger partial charge in [0.15, 0.2) is 0 Å². The first-order chi connectivity index (χ1) is 12.0. The maximum atomic E-state index is 2.66. The highest BCUT2D eigenvalue weighted by molar-refractivity contribution is 5.27. The number of benzene rings is 2. The third kappa shape index (κ3) is 5.19. The van der Waals surface area contributed by atoms with Crippen LogP contribution in [0.5, 0.6) is 0 Å². The third-order valence-corrected chi connectivity index (χ3v) is 5.62. The van der Waals surface area contributed by atoms with Gasteiger partial charge in [-0.1, -0.05) is 75.4 Å². The van der Waals surface area contributed by atoms with Crippen LogP contribution in [0, 0.1) is 0 Å². The highest BCUT2D eigenvalue weighted by atomic mass is 15.1. The Hall–Kier alpha value is -1.60. The zero-order valence-corrected chi connectivity index (χ0v) is 16.2. The van der Waals surface area contributed by atoms with E-state index < -0.39 is 0 Å². The number of likely N-dealkylation sites (tertiary alicyclic amines) is 1. The second-order valence-corrected chi connectivity index (χ2v) is 8.58. The van der Waals surface area contributed by atoms with E-state index in [-0.39, 0.29) is 5.41 Å². The molecule has 0 radical (unpaired) electrons. The van der Waals surface area contributed by atoms with Crippen molar-refractivity contribution in [1.29, 1.82) is 0 Å². The highest BCUT2D eigenvalue weighted by Crippen LogP contribution is 2.28. The van der Waals surface area contributed by atoms with Gasteiger partial charge in [0.1, 0.15) is 0 Å². The molecule has 134 valence electrons. The van der Waals surface area contributed by atoms with Crippen LogP contribution in [0.1, 0.15) is 62.6 Å². The molecule has 3 rings (SSSR count). The molecule has 0 aliphatic carbocycles. The van der Waals surface area contributed by atoms with E-state index in [4.69, 9.17) is 0 Å². The standard InChI is InChI=1S/C24H33N/c1-24(2,3)23-13-11-20(12-14-23)8-7-17-25-18-15-22(16-19-25)21-9-5-4-6-10-21/h4-6,9-14,22H,7-8,15-19H2,1-3H3. The van der Waals surface area contributed by atoms with Gasteiger partial charge in [-0.3, -0.25) is 0 Å². The predicted octanol–water partition coefficient (Wildman–Crippen LogP) is 5.80. The normalized spacial score (nSPS) is 16.9. The van der Waals surface area contributed by atoms with E-state index in [2.05, 4.69) is 80.3 Å². The van der Waals surface area contributed by atoms with E-state index >= 15 is 0 Å². The second kappa shape index (κ2) is 8.19. The van der Waals surface area contributed by atoms with Gasteiger partial charge in [-0.15, -0.1) is 0 Å². The third-order valence-electron chi connectivity index (χ3n) is 5.62. The lowest BCUT2D eigenvalue weighted by atomic mass is 9.86. The molecule has 1 aliphatic rings. The minimum atomic E-state index is 0.252. The van der Waals surface area contributed by atoms with Gasteiger partial charge < -0.3 is 4.90 Å². The summed E-state index contributed by atoms with van der Waals surface area (Å²) in [5, 5.41) is 0. The molecule has 25 heavy (non-hydrogen) atoms. The summed E-state index contributed by atoms with van der Waals surface area (Å²) < 4.78 is 0. The molecule has 0 aromatic heterocycles. The largest absolute Gasteiger partial charge is 0.303 e. The molecule has 2 aromatic rings. The van der Waals surface area contributed by atoms with Crippen LogP contribution in [0.15, 0.2) is 54.6 Å². The Kier molecular flexibility index (Phi) is 5.96. The summed E-state index contributed by atoms with van der Waals surface area (Å²) in [6.45, 7) is 10.6. The maximum Gasteiger partial charge on any atom is -0.00129 e. The van der Waals surface area contributed by atoms with Gasteiger partial charge in [-0.25, -0.2) is 0 Å². The molecular weight excluding hydrogens is 302 g/mol. The Balaban J connectivity index is 1.40. The first-order valence-corrected chi connectivity index (χ1v) is 9.89. The van der Waals surface area contributed by atoms with E-state index in [1.54, 1.807) is 0 Å².